The SMILES string of the molecule is Cc1cc(C=NN2C(=O)[C@@H]3[C@H](C2=O)[C@H]2C=C[C@H]3C2)c(C)n1-c1ccc(OCC(=O)Nc2ccccc2)cc1. The molecule has 0 unspecified atom stereocenters. The van der Waals surface area contributed by atoms with Gasteiger partial charge in [0.1, 0.15) is 5.75 Å². The average molecular weight is 509 g/mol. The van der Waals surface area contributed by atoms with Crippen LogP contribution in [0.4, 0.5) is 5.69 Å². The van der Waals surface area contributed by atoms with Crippen molar-refractivity contribution < 1.29 is 19.1 Å². The largest absolute Gasteiger partial charge is 0.484 e. The molecule has 2 heterocycles. The maximum absolute atomic E-state index is 12.9. The van der Waals surface area contributed by atoms with Crippen LogP contribution in [0.5, 0.6) is 5.75 Å². The third-order valence-corrected chi connectivity index (χ3v) is 7.75. The Morgan fingerprint density at radius 3 is 2.32 bits per heavy atom. The molecule has 1 aromatic heterocycles. The van der Waals surface area contributed by atoms with Crippen LogP contribution in [0, 0.1) is 37.5 Å². The van der Waals surface area contributed by atoms with Crippen LogP contribution in [-0.4, -0.2) is 40.1 Å². The minimum absolute atomic E-state index is 0.0936. The Kier molecular flexibility index (Phi) is 5.94. The van der Waals surface area contributed by atoms with Crippen molar-refractivity contribution in [3.05, 3.63) is 89.8 Å². The normalized spacial score (nSPS) is 23.5. The van der Waals surface area contributed by atoms with E-state index < -0.39 is 0 Å². The highest BCUT2D eigenvalue weighted by atomic mass is 16.5. The van der Waals surface area contributed by atoms with Gasteiger partial charge in [-0.05, 0) is 74.6 Å². The first-order valence-electron chi connectivity index (χ1n) is 12.8. The molecule has 8 heteroatoms. The quantitative estimate of drug-likeness (QED) is 0.293. The van der Waals surface area contributed by atoms with Crippen LogP contribution in [0.3, 0.4) is 0 Å². The van der Waals surface area contributed by atoms with E-state index in [4.69, 9.17) is 4.74 Å². The lowest BCUT2D eigenvalue weighted by atomic mass is 9.85. The lowest BCUT2D eigenvalue weighted by Gasteiger charge is -2.13. The summed E-state index contributed by atoms with van der Waals surface area (Å²) in [5.41, 5.74) is 4.39. The molecular weight excluding hydrogens is 480 g/mol. The predicted molar refractivity (Wildman–Crippen MR) is 143 cm³/mol. The van der Waals surface area contributed by atoms with Crippen LogP contribution in [-0.2, 0) is 14.4 Å². The van der Waals surface area contributed by atoms with Gasteiger partial charge in [-0.1, -0.05) is 30.4 Å². The number of imide groups is 1. The molecule has 0 spiro atoms. The number of nitrogens with one attached hydrogen (secondary N) is 1. The zero-order valence-corrected chi connectivity index (χ0v) is 21.2. The summed E-state index contributed by atoms with van der Waals surface area (Å²) in [6, 6.07) is 18.7. The van der Waals surface area contributed by atoms with Crippen molar-refractivity contribution in [3.8, 4) is 11.4 Å². The molecule has 1 saturated carbocycles. The van der Waals surface area contributed by atoms with E-state index in [9.17, 15) is 14.4 Å². The second kappa shape index (κ2) is 9.45. The number of amides is 3. The first-order chi connectivity index (χ1) is 18.4. The van der Waals surface area contributed by atoms with E-state index in [1.54, 1.807) is 6.21 Å². The zero-order valence-electron chi connectivity index (χ0n) is 21.2. The van der Waals surface area contributed by atoms with Crippen molar-refractivity contribution in [2.75, 3.05) is 11.9 Å². The van der Waals surface area contributed by atoms with Gasteiger partial charge in [-0.3, -0.25) is 14.4 Å². The number of allylic oxidation sites excluding steroid dienone is 2. The number of benzene rings is 2. The number of carbonyl (C=O) groups is 3. The molecule has 3 aliphatic rings. The van der Waals surface area contributed by atoms with E-state index in [1.807, 2.05) is 74.5 Å². The van der Waals surface area contributed by atoms with Crippen LogP contribution in [0.15, 0.2) is 77.9 Å². The van der Waals surface area contributed by atoms with Crippen molar-refractivity contribution in [3.63, 3.8) is 0 Å². The van der Waals surface area contributed by atoms with Gasteiger partial charge in [0, 0.05) is 28.3 Å². The maximum atomic E-state index is 12.9. The highest BCUT2D eigenvalue weighted by Gasteiger charge is 2.59. The van der Waals surface area contributed by atoms with E-state index in [1.165, 1.54) is 0 Å². The number of carbonyl (C=O) groups excluding carboxylic acids is 3. The highest BCUT2D eigenvalue weighted by Crippen LogP contribution is 2.52. The summed E-state index contributed by atoms with van der Waals surface area (Å²) in [5.74, 6) is -0.205. The van der Waals surface area contributed by atoms with E-state index >= 15 is 0 Å². The average Bonchev–Trinajstić information content (AvgIpc) is 3.66. The van der Waals surface area contributed by atoms with Gasteiger partial charge in [0.05, 0.1) is 18.1 Å². The van der Waals surface area contributed by atoms with Crippen LogP contribution in [0.1, 0.15) is 23.4 Å². The third kappa shape index (κ3) is 4.12. The van der Waals surface area contributed by atoms with E-state index in [0.29, 0.717) is 5.75 Å². The first kappa shape index (κ1) is 23.9. The molecule has 4 atom stereocenters. The van der Waals surface area contributed by atoms with Gasteiger partial charge in [0.2, 0.25) is 0 Å². The monoisotopic (exact) mass is 508 g/mol. The minimum atomic E-state index is -0.257. The number of fused-ring (bicyclic) bond motifs is 5. The lowest BCUT2D eigenvalue weighted by molar-refractivity contribution is -0.140. The van der Waals surface area contributed by atoms with Crippen molar-refractivity contribution in [1.82, 2.24) is 9.58 Å². The lowest BCUT2D eigenvalue weighted by Crippen LogP contribution is -2.28. The van der Waals surface area contributed by atoms with Gasteiger partial charge >= 0.3 is 0 Å². The van der Waals surface area contributed by atoms with E-state index in [-0.39, 0.29) is 48.0 Å². The van der Waals surface area contributed by atoms with Crippen LogP contribution < -0.4 is 10.1 Å². The van der Waals surface area contributed by atoms with Gasteiger partial charge in [-0.2, -0.15) is 10.1 Å². The highest BCUT2D eigenvalue weighted by molar-refractivity contribution is 6.06. The number of rotatable bonds is 7. The Labute approximate surface area is 220 Å². The minimum Gasteiger partial charge on any atom is -0.484 e. The van der Waals surface area contributed by atoms with E-state index in [0.717, 1.165) is 39.8 Å². The molecule has 3 aromatic rings. The van der Waals surface area contributed by atoms with Gasteiger partial charge in [0.15, 0.2) is 6.61 Å². The molecular formula is C30H28N4O4. The first-order valence-corrected chi connectivity index (χ1v) is 12.8. The number of aryl methyl sites for hydroxylation is 1. The number of hydrogen-bond acceptors (Lipinski definition) is 5. The molecule has 2 aliphatic carbocycles. The second-order valence-corrected chi connectivity index (χ2v) is 10.1. The van der Waals surface area contributed by atoms with Crippen molar-refractivity contribution in [1.29, 1.82) is 0 Å². The summed E-state index contributed by atoms with van der Waals surface area (Å²) in [5, 5.41) is 8.21. The predicted octanol–water partition coefficient (Wildman–Crippen LogP) is 4.25. The number of ether oxygens (including phenoxy) is 1. The Hall–Kier alpha value is -4.46. The summed E-state index contributed by atoms with van der Waals surface area (Å²) in [7, 11) is 0. The van der Waals surface area contributed by atoms with Crippen molar-refractivity contribution in [2.24, 2.45) is 28.8 Å². The standard InChI is InChI=1S/C30H28N4O4/c1-18-14-22(16-31-34-29(36)27-20-8-9-21(15-20)28(27)30(34)37)19(2)33(18)24-10-12-25(13-11-24)38-17-26(35)32-23-6-4-3-5-7-23/h3-14,16,20-21,27-28H,15,17H2,1-2H3,(H,32,35)/t20-,21-,27-,28+/m0/s1. The number of aromatic nitrogens is 1. The molecule has 1 aliphatic heterocycles. The van der Waals surface area contributed by atoms with Gasteiger partial charge in [0.25, 0.3) is 17.7 Å². The number of hydrogen-bond donors (Lipinski definition) is 1. The van der Waals surface area contributed by atoms with E-state index in [2.05, 4.69) is 27.1 Å². The fraction of sp³-hybridized carbons (Fsp3) is 0.267. The molecule has 2 aromatic carbocycles. The number of nitrogens with zero attached hydrogens (tertiary/aromatic N) is 3. The van der Waals surface area contributed by atoms with Gasteiger partial charge in [-0.25, -0.2) is 0 Å². The summed E-state index contributed by atoms with van der Waals surface area (Å²) in [4.78, 5) is 38.0. The summed E-state index contributed by atoms with van der Waals surface area (Å²) in [6.07, 6.45) is 6.66. The molecule has 3 amide bonds. The van der Waals surface area contributed by atoms with Crippen LogP contribution in [0.2, 0.25) is 0 Å². The van der Waals surface area contributed by atoms with Crippen molar-refractivity contribution in [2.45, 2.75) is 20.3 Å². The van der Waals surface area contributed by atoms with Crippen LogP contribution >= 0.6 is 0 Å². The zero-order chi connectivity index (χ0) is 26.4. The Balaban J connectivity index is 1.12. The fourth-order valence-electron chi connectivity index (χ4n) is 5.99. The molecule has 0 radical (unpaired) electrons. The maximum Gasteiger partial charge on any atom is 0.262 e. The summed E-state index contributed by atoms with van der Waals surface area (Å²) >= 11 is 0. The Bertz CT molecular complexity index is 1440. The third-order valence-electron chi connectivity index (χ3n) is 7.75. The fourth-order valence-corrected chi connectivity index (χ4v) is 5.99. The topological polar surface area (TPSA) is 93.0 Å². The molecule has 8 nitrogen and oxygen atoms in total. The summed E-state index contributed by atoms with van der Waals surface area (Å²) in [6.45, 7) is 3.87. The molecule has 192 valence electrons. The van der Waals surface area contributed by atoms with Gasteiger partial charge in [-0.15, -0.1) is 0 Å². The Morgan fingerprint density at radius 2 is 1.66 bits per heavy atom. The molecule has 38 heavy (non-hydrogen) atoms. The van der Waals surface area contributed by atoms with Gasteiger partial charge < -0.3 is 14.6 Å². The molecule has 6 rings (SSSR count). The molecule has 1 saturated heterocycles. The number of para-hydroxylation sites is 1. The number of anilines is 1. The van der Waals surface area contributed by atoms with Crippen LogP contribution in [0.25, 0.3) is 5.69 Å². The smallest absolute Gasteiger partial charge is 0.262 e. The molecule has 2 bridgehead atoms. The second-order valence-electron chi connectivity index (χ2n) is 10.1. The molecule has 1 N–H and O–H groups in total. The summed E-state index contributed by atoms with van der Waals surface area (Å²) < 4.78 is 7.72. The molecule has 2 fully saturated rings. The Morgan fingerprint density at radius 1 is 1.00 bits per heavy atom. The van der Waals surface area contributed by atoms with Crippen molar-refractivity contribution >= 4 is 29.6 Å². The number of hydrazone groups is 1.